The Labute approximate surface area is 129 Å². The maximum absolute atomic E-state index is 12.3. The van der Waals surface area contributed by atoms with Crippen LogP contribution in [0.1, 0.15) is 16.7 Å². The van der Waals surface area contributed by atoms with Gasteiger partial charge in [-0.15, -0.1) is 0 Å². The molecular formula is C18H18N2O2. The number of carbonyl (C=O) groups is 1. The van der Waals surface area contributed by atoms with Crippen LogP contribution in [-0.2, 0) is 11.2 Å². The van der Waals surface area contributed by atoms with Crippen LogP contribution in [0.25, 0.3) is 10.9 Å². The number of aryl methyl sites for hydroxylation is 2. The molecule has 1 aromatic heterocycles. The highest BCUT2D eigenvalue weighted by Crippen LogP contribution is 2.21. The minimum atomic E-state index is -0.0960. The first-order valence-corrected chi connectivity index (χ1v) is 7.19. The normalized spacial score (nSPS) is 10.8. The maximum Gasteiger partial charge on any atom is 0.228 e. The summed E-state index contributed by atoms with van der Waals surface area (Å²) >= 11 is 0. The fourth-order valence-electron chi connectivity index (χ4n) is 2.80. The number of aromatic nitrogens is 1. The van der Waals surface area contributed by atoms with Gasteiger partial charge in [-0.25, -0.2) is 0 Å². The standard InChI is InChI=1S/C18H18N2O2/c1-12-7-13(2)9-15(8-12)19-18(21)10-14-11-20(22)17-6-4-3-5-16(14)17/h3-9,11,22H,10H2,1-2H3,(H,19,21). The highest BCUT2D eigenvalue weighted by molar-refractivity contribution is 5.96. The monoisotopic (exact) mass is 294 g/mol. The zero-order valence-electron chi connectivity index (χ0n) is 12.6. The fraction of sp³-hybridized carbons (Fsp3) is 0.167. The third kappa shape index (κ3) is 2.81. The SMILES string of the molecule is Cc1cc(C)cc(NC(=O)Cc2cn(O)c3ccccc23)c1. The van der Waals surface area contributed by atoms with Gasteiger partial charge >= 0.3 is 0 Å². The molecule has 1 amide bonds. The molecule has 22 heavy (non-hydrogen) atoms. The van der Waals surface area contributed by atoms with Crippen molar-refractivity contribution in [2.45, 2.75) is 20.3 Å². The van der Waals surface area contributed by atoms with Gasteiger partial charge in [0.1, 0.15) is 0 Å². The van der Waals surface area contributed by atoms with Crippen molar-refractivity contribution in [2.24, 2.45) is 0 Å². The van der Waals surface area contributed by atoms with Crippen LogP contribution in [0.15, 0.2) is 48.7 Å². The molecule has 2 N–H and O–H groups in total. The average Bonchev–Trinajstić information content (AvgIpc) is 2.75. The van der Waals surface area contributed by atoms with Gasteiger partial charge in [0.05, 0.1) is 11.9 Å². The molecule has 0 unspecified atom stereocenters. The van der Waals surface area contributed by atoms with Crippen molar-refractivity contribution in [1.29, 1.82) is 0 Å². The lowest BCUT2D eigenvalue weighted by atomic mass is 10.1. The number of amides is 1. The molecule has 0 atom stereocenters. The van der Waals surface area contributed by atoms with Gasteiger partial charge in [-0.1, -0.05) is 24.3 Å². The molecule has 0 bridgehead atoms. The predicted molar refractivity (Wildman–Crippen MR) is 87.4 cm³/mol. The lowest BCUT2D eigenvalue weighted by Crippen LogP contribution is -2.14. The molecule has 0 aliphatic carbocycles. The van der Waals surface area contributed by atoms with Crippen LogP contribution >= 0.6 is 0 Å². The second kappa shape index (κ2) is 5.56. The van der Waals surface area contributed by atoms with Gasteiger partial charge in [-0.3, -0.25) is 4.79 Å². The van der Waals surface area contributed by atoms with E-state index in [1.54, 1.807) is 6.20 Å². The number of nitrogens with zero attached hydrogens (tertiary/aromatic N) is 1. The fourth-order valence-corrected chi connectivity index (χ4v) is 2.80. The summed E-state index contributed by atoms with van der Waals surface area (Å²) in [6, 6.07) is 13.4. The summed E-state index contributed by atoms with van der Waals surface area (Å²) in [5.74, 6) is -0.0960. The molecule has 0 fully saturated rings. The van der Waals surface area contributed by atoms with Crippen molar-refractivity contribution in [2.75, 3.05) is 5.32 Å². The summed E-state index contributed by atoms with van der Waals surface area (Å²) in [6.07, 6.45) is 1.81. The predicted octanol–water partition coefficient (Wildman–Crippen LogP) is 3.68. The number of para-hydroxylation sites is 1. The topological polar surface area (TPSA) is 54.3 Å². The van der Waals surface area contributed by atoms with Gasteiger partial charge in [0.25, 0.3) is 0 Å². The van der Waals surface area contributed by atoms with Crippen molar-refractivity contribution >= 4 is 22.5 Å². The van der Waals surface area contributed by atoms with E-state index in [4.69, 9.17) is 0 Å². The second-order valence-corrected chi connectivity index (χ2v) is 5.62. The summed E-state index contributed by atoms with van der Waals surface area (Å²) in [5, 5.41) is 13.7. The maximum atomic E-state index is 12.3. The van der Waals surface area contributed by atoms with E-state index in [9.17, 15) is 10.0 Å². The molecular weight excluding hydrogens is 276 g/mol. The molecule has 112 valence electrons. The number of carbonyl (C=O) groups excluding carboxylic acids is 1. The molecule has 1 heterocycles. The lowest BCUT2D eigenvalue weighted by molar-refractivity contribution is -0.115. The van der Waals surface area contributed by atoms with Gasteiger partial charge in [0.15, 0.2) is 0 Å². The lowest BCUT2D eigenvalue weighted by Gasteiger charge is -2.07. The summed E-state index contributed by atoms with van der Waals surface area (Å²) in [7, 11) is 0. The number of fused-ring (bicyclic) bond motifs is 1. The Morgan fingerprint density at radius 1 is 1.14 bits per heavy atom. The number of hydrogen-bond donors (Lipinski definition) is 2. The molecule has 3 aromatic rings. The van der Waals surface area contributed by atoms with Crippen LogP contribution in [-0.4, -0.2) is 15.8 Å². The molecule has 0 saturated heterocycles. The smallest absolute Gasteiger partial charge is 0.228 e. The average molecular weight is 294 g/mol. The zero-order valence-corrected chi connectivity index (χ0v) is 12.6. The van der Waals surface area contributed by atoms with Gasteiger partial charge in [0.2, 0.25) is 5.91 Å². The summed E-state index contributed by atoms with van der Waals surface area (Å²) in [5.41, 5.74) is 4.54. The zero-order chi connectivity index (χ0) is 15.7. The minimum Gasteiger partial charge on any atom is -0.428 e. The Hall–Kier alpha value is -2.75. The minimum absolute atomic E-state index is 0.0960. The van der Waals surface area contributed by atoms with Crippen molar-refractivity contribution in [3.63, 3.8) is 0 Å². The molecule has 0 saturated carbocycles. The molecule has 4 nitrogen and oxygen atoms in total. The van der Waals surface area contributed by atoms with Crippen molar-refractivity contribution in [3.05, 3.63) is 65.4 Å². The van der Waals surface area contributed by atoms with E-state index < -0.39 is 0 Å². The third-order valence-electron chi connectivity index (χ3n) is 3.63. The van der Waals surface area contributed by atoms with Crippen molar-refractivity contribution in [3.8, 4) is 0 Å². The Morgan fingerprint density at radius 2 is 1.82 bits per heavy atom. The number of anilines is 1. The number of nitrogens with one attached hydrogen (secondary N) is 1. The highest BCUT2D eigenvalue weighted by Gasteiger charge is 2.11. The van der Waals surface area contributed by atoms with Gasteiger partial charge < -0.3 is 10.5 Å². The third-order valence-corrected chi connectivity index (χ3v) is 3.63. The van der Waals surface area contributed by atoms with E-state index in [0.29, 0.717) is 5.52 Å². The van der Waals surface area contributed by atoms with Crippen LogP contribution in [0.5, 0.6) is 0 Å². The first-order chi connectivity index (χ1) is 10.5. The van der Waals surface area contributed by atoms with Crippen LogP contribution in [0.3, 0.4) is 0 Å². The quantitative estimate of drug-likeness (QED) is 0.724. The van der Waals surface area contributed by atoms with Gasteiger partial charge in [-0.2, -0.15) is 4.73 Å². The van der Waals surface area contributed by atoms with Crippen LogP contribution in [0.4, 0.5) is 5.69 Å². The summed E-state index contributed by atoms with van der Waals surface area (Å²) < 4.78 is 1.06. The van der Waals surface area contributed by atoms with Crippen molar-refractivity contribution in [1.82, 2.24) is 4.73 Å². The van der Waals surface area contributed by atoms with Crippen molar-refractivity contribution < 1.29 is 10.0 Å². The first kappa shape index (κ1) is 14.2. The molecule has 3 rings (SSSR count). The molecule has 0 aliphatic heterocycles. The van der Waals surface area contributed by atoms with Crippen LogP contribution in [0.2, 0.25) is 0 Å². The Bertz CT molecular complexity index is 829. The van der Waals surface area contributed by atoms with E-state index >= 15 is 0 Å². The Kier molecular flexibility index (Phi) is 3.59. The van der Waals surface area contributed by atoms with E-state index in [1.807, 2.05) is 50.2 Å². The summed E-state index contributed by atoms with van der Waals surface area (Å²) in [6.45, 7) is 4.00. The van der Waals surface area contributed by atoms with Crippen LogP contribution < -0.4 is 5.32 Å². The molecule has 0 aliphatic rings. The molecule has 0 radical (unpaired) electrons. The second-order valence-electron chi connectivity index (χ2n) is 5.62. The Morgan fingerprint density at radius 3 is 2.55 bits per heavy atom. The number of rotatable bonds is 3. The highest BCUT2D eigenvalue weighted by atomic mass is 16.5. The number of benzene rings is 2. The van der Waals surface area contributed by atoms with Gasteiger partial charge in [0, 0.05) is 17.3 Å². The molecule has 0 spiro atoms. The first-order valence-electron chi connectivity index (χ1n) is 7.19. The van der Waals surface area contributed by atoms with E-state index in [-0.39, 0.29) is 12.3 Å². The molecule has 2 aromatic carbocycles. The van der Waals surface area contributed by atoms with Gasteiger partial charge in [-0.05, 0) is 48.7 Å². The van der Waals surface area contributed by atoms with E-state index in [1.165, 1.54) is 0 Å². The molecule has 4 heteroatoms. The van der Waals surface area contributed by atoms with Crippen LogP contribution in [0, 0.1) is 13.8 Å². The van der Waals surface area contributed by atoms with E-state index in [2.05, 4.69) is 11.4 Å². The van der Waals surface area contributed by atoms with E-state index in [0.717, 1.165) is 32.5 Å². The number of hydrogen-bond acceptors (Lipinski definition) is 2. The summed E-state index contributed by atoms with van der Waals surface area (Å²) in [4.78, 5) is 12.3. The Balaban J connectivity index is 1.81. The largest absolute Gasteiger partial charge is 0.428 e.